The highest BCUT2D eigenvalue weighted by Crippen LogP contribution is 2.27. The minimum absolute atomic E-state index is 0.0377. The summed E-state index contributed by atoms with van der Waals surface area (Å²) in [6, 6.07) is 7.39. The highest BCUT2D eigenvalue weighted by atomic mass is 16.5. The molecule has 8 nitrogen and oxygen atoms in total. The van der Waals surface area contributed by atoms with Gasteiger partial charge in [-0.2, -0.15) is 5.10 Å². The number of nitrogens with zero attached hydrogens (tertiary/aromatic N) is 5. The lowest BCUT2D eigenvalue weighted by atomic mass is 9.96. The number of carbonyl (C=O) groups is 1. The Labute approximate surface area is 150 Å². The molecule has 26 heavy (non-hydrogen) atoms. The van der Waals surface area contributed by atoms with Gasteiger partial charge in [-0.05, 0) is 31.9 Å². The molecule has 1 aromatic carbocycles. The number of piperidine rings is 1. The summed E-state index contributed by atoms with van der Waals surface area (Å²) in [5.74, 6) is 0.899. The van der Waals surface area contributed by atoms with Crippen LogP contribution in [-0.2, 0) is 13.6 Å². The number of carbonyl (C=O) groups excluding carboxylic acids is 1. The van der Waals surface area contributed by atoms with Crippen molar-refractivity contribution in [3.8, 4) is 0 Å². The molecule has 0 saturated carbocycles. The van der Waals surface area contributed by atoms with Gasteiger partial charge in [0.2, 0.25) is 5.76 Å². The molecule has 1 atom stereocenters. The summed E-state index contributed by atoms with van der Waals surface area (Å²) >= 11 is 0. The van der Waals surface area contributed by atoms with Gasteiger partial charge in [-0.1, -0.05) is 17.3 Å². The molecular formula is C18H21N5O3. The van der Waals surface area contributed by atoms with E-state index in [1.807, 2.05) is 31.2 Å². The van der Waals surface area contributed by atoms with E-state index in [1.165, 1.54) is 4.68 Å². The quantitative estimate of drug-likeness (QED) is 0.715. The SMILES string of the molecule is CCn1c(C2CCCN(C(=O)c3onc4ccccc34)C2)nn(C)c1=O. The Bertz CT molecular complexity index is 1020. The van der Waals surface area contributed by atoms with E-state index < -0.39 is 0 Å². The molecule has 3 aromatic rings. The van der Waals surface area contributed by atoms with Crippen molar-refractivity contribution < 1.29 is 9.32 Å². The van der Waals surface area contributed by atoms with Crippen LogP contribution in [0.25, 0.3) is 10.9 Å². The van der Waals surface area contributed by atoms with Gasteiger partial charge in [0.05, 0.1) is 5.39 Å². The molecule has 2 aromatic heterocycles. The fourth-order valence-electron chi connectivity index (χ4n) is 3.68. The molecule has 3 heterocycles. The molecule has 136 valence electrons. The Morgan fingerprint density at radius 3 is 2.96 bits per heavy atom. The van der Waals surface area contributed by atoms with Gasteiger partial charge in [-0.25, -0.2) is 9.48 Å². The van der Waals surface area contributed by atoms with E-state index in [2.05, 4.69) is 10.3 Å². The zero-order valence-electron chi connectivity index (χ0n) is 14.9. The molecule has 0 bridgehead atoms. The van der Waals surface area contributed by atoms with E-state index in [9.17, 15) is 9.59 Å². The van der Waals surface area contributed by atoms with Gasteiger partial charge in [-0.15, -0.1) is 0 Å². The van der Waals surface area contributed by atoms with Crippen molar-refractivity contribution in [3.63, 3.8) is 0 Å². The van der Waals surface area contributed by atoms with Crippen LogP contribution in [0.5, 0.6) is 0 Å². The first-order valence-electron chi connectivity index (χ1n) is 8.87. The molecule has 1 saturated heterocycles. The molecule has 1 aliphatic rings. The Hall–Kier alpha value is -2.90. The average Bonchev–Trinajstić information content (AvgIpc) is 3.22. The molecule has 1 aliphatic heterocycles. The number of aryl methyl sites for hydroxylation is 1. The number of benzene rings is 1. The minimum Gasteiger partial charge on any atom is -0.350 e. The van der Waals surface area contributed by atoms with E-state index >= 15 is 0 Å². The molecule has 0 radical (unpaired) electrons. The van der Waals surface area contributed by atoms with E-state index in [0.29, 0.717) is 25.2 Å². The molecule has 0 spiro atoms. The molecule has 1 unspecified atom stereocenters. The summed E-state index contributed by atoms with van der Waals surface area (Å²) in [7, 11) is 1.66. The van der Waals surface area contributed by atoms with Gasteiger partial charge in [0.1, 0.15) is 11.3 Å². The van der Waals surface area contributed by atoms with Crippen LogP contribution < -0.4 is 5.69 Å². The lowest BCUT2D eigenvalue weighted by Crippen LogP contribution is -2.40. The second-order valence-electron chi connectivity index (χ2n) is 6.63. The zero-order chi connectivity index (χ0) is 18.3. The largest absolute Gasteiger partial charge is 0.350 e. The van der Waals surface area contributed by atoms with Gasteiger partial charge >= 0.3 is 5.69 Å². The average molecular weight is 355 g/mol. The minimum atomic E-state index is -0.162. The number of likely N-dealkylation sites (tertiary alicyclic amines) is 1. The summed E-state index contributed by atoms with van der Waals surface area (Å²) in [4.78, 5) is 26.9. The highest BCUT2D eigenvalue weighted by molar-refractivity contribution is 6.03. The Morgan fingerprint density at radius 2 is 2.15 bits per heavy atom. The van der Waals surface area contributed by atoms with Crippen molar-refractivity contribution in [2.24, 2.45) is 7.05 Å². The fraction of sp³-hybridized carbons (Fsp3) is 0.444. The predicted molar refractivity (Wildman–Crippen MR) is 95.0 cm³/mol. The molecule has 8 heteroatoms. The molecule has 0 aliphatic carbocycles. The topological polar surface area (TPSA) is 86.2 Å². The van der Waals surface area contributed by atoms with Crippen LogP contribution in [0.4, 0.5) is 0 Å². The van der Waals surface area contributed by atoms with E-state index in [-0.39, 0.29) is 23.3 Å². The summed E-state index contributed by atoms with van der Waals surface area (Å²) in [5.41, 5.74) is 0.557. The van der Waals surface area contributed by atoms with Crippen molar-refractivity contribution in [1.82, 2.24) is 24.4 Å². The van der Waals surface area contributed by atoms with Crippen LogP contribution in [0.2, 0.25) is 0 Å². The van der Waals surface area contributed by atoms with E-state index in [1.54, 1.807) is 16.5 Å². The maximum Gasteiger partial charge on any atom is 0.345 e. The van der Waals surface area contributed by atoms with Crippen molar-refractivity contribution in [2.45, 2.75) is 32.2 Å². The summed E-state index contributed by atoms with van der Waals surface area (Å²) in [6.07, 6.45) is 1.76. The maximum atomic E-state index is 13.0. The Kier molecular flexibility index (Phi) is 4.10. The fourth-order valence-corrected chi connectivity index (χ4v) is 3.68. The Morgan fingerprint density at radius 1 is 1.35 bits per heavy atom. The number of amides is 1. The number of aromatic nitrogens is 4. The van der Waals surface area contributed by atoms with Crippen LogP contribution in [0.1, 0.15) is 42.1 Å². The second-order valence-corrected chi connectivity index (χ2v) is 6.63. The molecule has 4 rings (SSSR count). The van der Waals surface area contributed by atoms with Crippen molar-refractivity contribution in [1.29, 1.82) is 0 Å². The number of hydrogen-bond acceptors (Lipinski definition) is 5. The van der Waals surface area contributed by atoms with Crippen LogP contribution in [-0.4, -0.2) is 43.4 Å². The first-order chi connectivity index (χ1) is 12.6. The van der Waals surface area contributed by atoms with Gasteiger partial charge in [0, 0.05) is 32.6 Å². The van der Waals surface area contributed by atoms with Crippen molar-refractivity contribution >= 4 is 16.8 Å². The zero-order valence-corrected chi connectivity index (χ0v) is 14.9. The van der Waals surface area contributed by atoms with E-state index in [0.717, 1.165) is 24.1 Å². The third-order valence-corrected chi connectivity index (χ3v) is 5.00. The lowest BCUT2D eigenvalue weighted by Gasteiger charge is -2.31. The molecule has 0 N–H and O–H groups in total. The number of rotatable bonds is 3. The van der Waals surface area contributed by atoms with E-state index in [4.69, 9.17) is 4.52 Å². The third-order valence-electron chi connectivity index (χ3n) is 5.00. The first kappa shape index (κ1) is 16.6. The summed E-state index contributed by atoms with van der Waals surface area (Å²) < 4.78 is 8.37. The standard InChI is InChI=1S/C18H21N5O3/c1-3-23-16(19-21(2)18(23)25)12-7-6-10-22(11-12)17(24)15-13-8-4-5-9-14(13)20-26-15/h4-5,8-9,12H,3,6-7,10-11H2,1-2H3. The summed E-state index contributed by atoms with van der Waals surface area (Å²) in [6.45, 7) is 3.68. The van der Waals surface area contributed by atoms with Gasteiger partial charge in [-0.3, -0.25) is 9.36 Å². The first-order valence-corrected chi connectivity index (χ1v) is 8.87. The smallest absolute Gasteiger partial charge is 0.345 e. The summed E-state index contributed by atoms with van der Waals surface area (Å²) in [5, 5.41) is 9.10. The van der Waals surface area contributed by atoms with Gasteiger partial charge < -0.3 is 9.42 Å². The third kappa shape index (κ3) is 2.61. The van der Waals surface area contributed by atoms with Gasteiger partial charge in [0.15, 0.2) is 0 Å². The normalized spacial score (nSPS) is 17.8. The predicted octanol–water partition coefficient (Wildman–Crippen LogP) is 1.76. The van der Waals surface area contributed by atoms with Crippen molar-refractivity contribution in [2.75, 3.05) is 13.1 Å². The Balaban J connectivity index is 1.62. The van der Waals surface area contributed by atoms with Crippen molar-refractivity contribution in [3.05, 3.63) is 46.3 Å². The van der Waals surface area contributed by atoms with Crippen LogP contribution in [0, 0.1) is 0 Å². The monoisotopic (exact) mass is 355 g/mol. The van der Waals surface area contributed by atoms with Crippen LogP contribution in [0.15, 0.2) is 33.6 Å². The van der Waals surface area contributed by atoms with Crippen LogP contribution in [0.3, 0.4) is 0 Å². The second kappa shape index (κ2) is 6.44. The number of fused-ring (bicyclic) bond motifs is 1. The molecule has 1 fully saturated rings. The maximum absolute atomic E-state index is 13.0. The number of hydrogen-bond donors (Lipinski definition) is 0. The highest BCUT2D eigenvalue weighted by Gasteiger charge is 2.31. The van der Waals surface area contributed by atoms with Gasteiger partial charge in [0.25, 0.3) is 5.91 Å². The lowest BCUT2D eigenvalue weighted by molar-refractivity contribution is 0.0664. The molecule has 1 amide bonds. The molecular weight excluding hydrogens is 334 g/mol. The van der Waals surface area contributed by atoms with Crippen LogP contribution >= 0.6 is 0 Å².